The Hall–Kier alpha value is -2.45. The number of nitrogens with one attached hydrogen (secondary N) is 2. The molecule has 2 atom stereocenters. The summed E-state index contributed by atoms with van der Waals surface area (Å²) in [5.41, 5.74) is 2.45. The first-order valence-corrected chi connectivity index (χ1v) is 9.70. The highest BCUT2D eigenvalue weighted by Crippen LogP contribution is 2.24. The third kappa shape index (κ3) is 4.51. The van der Waals surface area contributed by atoms with Gasteiger partial charge in [0.25, 0.3) is 5.91 Å². The first-order chi connectivity index (χ1) is 13.5. The van der Waals surface area contributed by atoms with E-state index in [1.807, 2.05) is 32.3 Å². The first kappa shape index (κ1) is 20.3. The molecule has 0 bridgehead atoms. The summed E-state index contributed by atoms with van der Waals surface area (Å²) in [5.74, 6) is -0.0705. The van der Waals surface area contributed by atoms with Gasteiger partial charge in [-0.05, 0) is 38.4 Å². The van der Waals surface area contributed by atoms with Gasteiger partial charge >= 0.3 is 0 Å². The molecule has 3 rings (SSSR count). The number of carbonyl (C=O) groups excluding carboxylic acids is 2. The van der Waals surface area contributed by atoms with Crippen LogP contribution in [0.5, 0.6) is 0 Å². The van der Waals surface area contributed by atoms with E-state index in [1.54, 1.807) is 17.8 Å². The summed E-state index contributed by atoms with van der Waals surface area (Å²) >= 11 is 0. The summed E-state index contributed by atoms with van der Waals surface area (Å²) < 4.78 is 6.67. The molecular weight excluding hydrogens is 358 g/mol. The molecule has 28 heavy (non-hydrogen) atoms. The molecule has 152 valence electrons. The zero-order chi connectivity index (χ0) is 20.1. The van der Waals surface area contributed by atoms with Crippen LogP contribution in [0.1, 0.15) is 35.2 Å². The van der Waals surface area contributed by atoms with Crippen LogP contribution < -0.4 is 10.6 Å². The fourth-order valence-electron chi connectivity index (χ4n) is 3.85. The molecule has 1 aliphatic heterocycles. The number of aromatic nitrogens is 2. The van der Waals surface area contributed by atoms with Gasteiger partial charge in [0.2, 0.25) is 5.91 Å². The Morgan fingerprint density at radius 3 is 2.86 bits per heavy atom. The molecule has 0 radical (unpaired) electrons. The van der Waals surface area contributed by atoms with Crippen LogP contribution in [0.4, 0.5) is 0 Å². The molecule has 0 aliphatic carbocycles. The number of carbonyl (C=O) groups is 2. The Labute approximate surface area is 165 Å². The Morgan fingerprint density at radius 1 is 1.29 bits per heavy atom. The maximum Gasteiger partial charge on any atom is 0.255 e. The van der Waals surface area contributed by atoms with Crippen LogP contribution in [-0.4, -0.2) is 72.3 Å². The summed E-state index contributed by atoms with van der Waals surface area (Å²) in [6.07, 6.45) is 5.83. The van der Waals surface area contributed by atoms with E-state index >= 15 is 0 Å². The van der Waals surface area contributed by atoms with Crippen LogP contribution in [0.25, 0.3) is 5.52 Å². The van der Waals surface area contributed by atoms with Gasteiger partial charge in [0.15, 0.2) is 0 Å². The molecule has 0 spiro atoms. The predicted octanol–water partition coefficient (Wildman–Crippen LogP) is 0.988. The topological polar surface area (TPSA) is 88.0 Å². The van der Waals surface area contributed by atoms with E-state index in [4.69, 9.17) is 4.74 Å². The molecule has 2 amide bonds. The van der Waals surface area contributed by atoms with Gasteiger partial charge in [-0.15, -0.1) is 0 Å². The number of aryl methyl sites for hydroxylation is 1. The normalized spacial score (nSPS) is 19.8. The number of fused-ring (bicyclic) bond motifs is 1. The molecule has 8 nitrogen and oxygen atoms in total. The smallest absolute Gasteiger partial charge is 0.255 e. The molecule has 3 heterocycles. The molecule has 0 aromatic carbocycles. The predicted molar refractivity (Wildman–Crippen MR) is 106 cm³/mol. The number of hydrogen-bond acceptors (Lipinski definition) is 5. The van der Waals surface area contributed by atoms with E-state index in [9.17, 15) is 9.59 Å². The van der Waals surface area contributed by atoms with Crippen molar-refractivity contribution in [1.82, 2.24) is 25.1 Å². The van der Waals surface area contributed by atoms with Gasteiger partial charge < -0.3 is 15.4 Å². The van der Waals surface area contributed by atoms with E-state index < -0.39 is 0 Å². The maximum absolute atomic E-state index is 12.7. The zero-order valence-electron chi connectivity index (χ0n) is 16.8. The minimum Gasteiger partial charge on any atom is -0.383 e. The fraction of sp³-hybridized carbons (Fsp3) is 0.550. The first-order valence-electron chi connectivity index (χ1n) is 9.70. The molecule has 2 N–H and O–H groups in total. The van der Waals surface area contributed by atoms with Crippen LogP contribution in [0, 0.1) is 6.92 Å². The van der Waals surface area contributed by atoms with Gasteiger partial charge in [-0.2, -0.15) is 5.10 Å². The van der Waals surface area contributed by atoms with Crippen molar-refractivity contribution < 1.29 is 14.3 Å². The number of hydrogen-bond donors (Lipinski definition) is 2. The largest absolute Gasteiger partial charge is 0.383 e. The summed E-state index contributed by atoms with van der Waals surface area (Å²) in [5, 5.41) is 10.2. The average molecular weight is 387 g/mol. The number of methoxy groups -OCH3 is 1. The van der Waals surface area contributed by atoms with Gasteiger partial charge in [0.05, 0.1) is 23.9 Å². The number of nitrogens with zero attached hydrogens (tertiary/aromatic N) is 3. The Bertz CT molecular complexity index is 834. The van der Waals surface area contributed by atoms with E-state index in [2.05, 4.69) is 20.6 Å². The maximum atomic E-state index is 12.7. The minimum absolute atomic E-state index is 0.0421. The highest BCUT2D eigenvalue weighted by atomic mass is 16.5. The lowest BCUT2D eigenvalue weighted by Crippen LogP contribution is -2.42. The molecular formula is C20H29N5O3. The minimum atomic E-state index is -0.113. The number of likely N-dealkylation sites (N-methyl/N-ethyl adjacent to an activating group) is 1. The van der Waals surface area contributed by atoms with Crippen LogP contribution >= 0.6 is 0 Å². The van der Waals surface area contributed by atoms with Gasteiger partial charge in [-0.25, -0.2) is 4.52 Å². The van der Waals surface area contributed by atoms with Crippen LogP contribution in [-0.2, 0) is 9.53 Å². The van der Waals surface area contributed by atoms with E-state index in [0.717, 1.165) is 23.9 Å². The van der Waals surface area contributed by atoms with Crippen molar-refractivity contribution in [3.63, 3.8) is 0 Å². The summed E-state index contributed by atoms with van der Waals surface area (Å²) in [7, 11) is 3.64. The van der Waals surface area contributed by atoms with Crippen molar-refractivity contribution in [2.75, 3.05) is 33.9 Å². The number of pyridine rings is 1. The van der Waals surface area contributed by atoms with Gasteiger partial charge in [-0.3, -0.25) is 14.5 Å². The Morgan fingerprint density at radius 2 is 2.07 bits per heavy atom. The van der Waals surface area contributed by atoms with Crippen LogP contribution in [0.2, 0.25) is 0 Å². The molecule has 0 saturated carbocycles. The second kappa shape index (κ2) is 9.16. The molecule has 1 fully saturated rings. The third-order valence-electron chi connectivity index (χ3n) is 5.52. The molecule has 8 heteroatoms. The van der Waals surface area contributed by atoms with Gasteiger partial charge in [0.1, 0.15) is 0 Å². The quantitative estimate of drug-likeness (QED) is 0.660. The van der Waals surface area contributed by atoms with Crippen molar-refractivity contribution >= 4 is 17.3 Å². The third-order valence-corrected chi connectivity index (χ3v) is 5.52. The van der Waals surface area contributed by atoms with Crippen molar-refractivity contribution in [1.29, 1.82) is 0 Å². The number of amides is 2. The standard InChI is InChI=1S/C20H29N5O3/c1-14-5-4-9-25-19(14)17(13-23-25)20(27)22-12-16-7-6-15(24(16)2)11-18(26)21-8-10-28-3/h4-5,9,13,15-16H,6-8,10-12H2,1-3H3,(H,21,26)(H,22,27)/t15-,16+/m1/s1. The number of likely N-dealkylation sites (tertiary alicyclic amines) is 1. The van der Waals surface area contributed by atoms with Crippen molar-refractivity contribution in [3.8, 4) is 0 Å². The molecule has 0 unspecified atom stereocenters. The molecule has 2 aromatic heterocycles. The second-order valence-corrected chi connectivity index (χ2v) is 7.35. The molecule has 2 aromatic rings. The van der Waals surface area contributed by atoms with E-state index in [-0.39, 0.29) is 23.9 Å². The lowest BCUT2D eigenvalue weighted by atomic mass is 10.1. The molecule has 1 aliphatic rings. The lowest BCUT2D eigenvalue weighted by Gasteiger charge is -2.25. The summed E-state index contributed by atoms with van der Waals surface area (Å²) in [6.45, 7) is 3.58. The van der Waals surface area contributed by atoms with E-state index in [0.29, 0.717) is 31.7 Å². The van der Waals surface area contributed by atoms with Gasteiger partial charge in [0, 0.05) is 44.9 Å². The summed E-state index contributed by atoms with van der Waals surface area (Å²) in [6, 6.07) is 4.31. The van der Waals surface area contributed by atoms with Crippen LogP contribution in [0.3, 0.4) is 0 Å². The van der Waals surface area contributed by atoms with Crippen molar-refractivity contribution in [2.45, 2.75) is 38.3 Å². The lowest BCUT2D eigenvalue weighted by molar-refractivity contribution is -0.122. The Kier molecular flexibility index (Phi) is 6.64. The number of rotatable bonds is 8. The second-order valence-electron chi connectivity index (χ2n) is 7.35. The Balaban J connectivity index is 1.52. The number of ether oxygens (including phenoxy) is 1. The van der Waals surface area contributed by atoms with Crippen molar-refractivity contribution in [3.05, 3.63) is 35.7 Å². The molecule has 1 saturated heterocycles. The van der Waals surface area contributed by atoms with E-state index in [1.165, 1.54) is 0 Å². The van der Waals surface area contributed by atoms with Gasteiger partial charge in [-0.1, -0.05) is 6.07 Å². The highest BCUT2D eigenvalue weighted by molar-refractivity contribution is 6.01. The zero-order valence-corrected chi connectivity index (χ0v) is 16.8. The van der Waals surface area contributed by atoms with Crippen molar-refractivity contribution in [2.24, 2.45) is 0 Å². The average Bonchev–Trinajstić information content (AvgIpc) is 3.25. The highest BCUT2D eigenvalue weighted by Gasteiger charge is 2.32. The monoisotopic (exact) mass is 387 g/mol. The SMILES string of the molecule is COCCNC(=O)C[C@H]1CC[C@@H](CNC(=O)c2cnn3cccc(C)c23)N1C. The fourth-order valence-corrected chi connectivity index (χ4v) is 3.85. The van der Waals surface area contributed by atoms with Crippen LogP contribution in [0.15, 0.2) is 24.5 Å². The summed E-state index contributed by atoms with van der Waals surface area (Å²) in [4.78, 5) is 26.9.